The third-order valence-corrected chi connectivity index (χ3v) is 3.26. The van der Waals surface area contributed by atoms with Gasteiger partial charge in [0.1, 0.15) is 34.8 Å². The normalized spacial score (nSPS) is 10.8. The number of halogens is 3. The van der Waals surface area contributed by atoms with Crippen molar-refractivity contribution >= 4 is 5.82 Å². The number of H-pyrrole nitrogens is 1. The molecule has 0 radical (unpaired) electrons. The van der Waals surface area contributed by atoms with Crippen molar-refractivity contribution in [2.24, 2.45) is 0 Å². The van der Waals surface area contributed by atoms with E-state index in [2.05, 4.69) is 4.98 Å². The quantitative estimate of drug-likeness (QED) is 0.875. The zero-order valence-corrected chi connectivity index (χ0v) is 12.2. The minimum atomic E-state index is -4.73. The van der Waals surface area contributed by atoms with Gasteiger partial charge in [-0.3, -0.25) is 4.79 Å². The van der Waals surface area contributed by atoms with E-state index in [1.807, 2.05) is 0 Å². The van der Waals surface area contributed by atoms with Gasteiger partial charge in [-0.15, -0.1) is 0 Å². The van der Waals surface area contributed by atoms with E-state index < -0.39 is 28.6 Å². The molecule has 24 heavy (non-hydrogen) atoms. The summed E-state index contributed by atoms with van der Waals surface area (Å²) < 4.78 is 44.3. The Morgan fingerprint density at radius 3 is 2.33 bits per heavy atom. The standard InChI is InChI=1S/C15H9F3N4O2/c1-24-12-7(3-2-4-10(12)15(16,17)18)11-8(5-19)13(21)22-14(23)9(11)6-20/h2-4H,1H3,(H3,21,22,23). The molecule has 0 spiro atoms. The Hall–Kier alpha value is -3.46. The molecule has 1 aromatic heterocycles. The maximum absolute atomic E-state index is 13.2. The average Bonchev–Trinajstić information content (AvgIpc) is 2.52. The van der Waals surface area contributed by atoms with E-state index in [1.165, 1.54) is 6.07 Å². The van der Waals surface area contributed by atoms with E-state index in [0.717, 1.165) is 19.2 Å². The molecule has 0 aliphatic carbocycles. The van der Waals surface area contributed by atoms with Gasteiger partial charge in [0, 0.05) is 11.1 Å². The highest BCUT2D eigenvalue weighted by Crippen LogP contribution is 2.43. The Labute approximate surface area is 133 Å². The van der Waals surface area contributed by atoms with Gasteiger partial charge < -0.3 is 15.5 Å². The molecule has 122 valence electrons. The number of aromatic nitrogens is 1. The van der Waals surface area contributed by atoms with Crippen LogP contribution in [0.2, 0.25) is 0 Å². The smallest absolute Gasteiger partial charge is 0.419 e. The van der Waals surface area contributed by atoms with Crippen molar-refractivity contribution in [3.63, 3.8) is 0 Å². The number of pyridine rings is 1. The molecule has 0 saturated carbocycles. The zero-order chi connectivity index (χ0) is 18.1. The molecule has 0 atom stereocenters. The second-order valence-electron chi connectivity index (χ2n) is 4.60. The largest absolute Gasteiger partial charge is 0.495 e. The number of methoxy groups -OCH3 is 1. The SMILES string of the molecule is COc1c(-c2c(C#N)c(N)[nH]c(=O)c2C#N)cccc1C(F)(F)F. The van der Waals surface area contributed by atoms with Crippen LogP contribution >= 0.6 is 0 Å². The first-order valence-electron chi connectivity index (χ1n) is 6.36. The van der Waals surface area contributed by atoms with Crippen molar-refractivity contribution in [1.82, 2.24) is 4.98 Å². The van der Waals surface area contributed by atoms with Crippen LogP contribution < -0.4 is 16.0 Å². The molecule has 0 bridgehead atoms. The number of anilines is 1. The Balaban J connectivity index is 3.02. The van der Waals surface area contributed by atoms with E-state index in [1.54, 1.807) is 12.1 Å². The molecule has 3 N–H and O–H groups in total. The average molecular weight is 334 g/mol. The predicted octanol–water partition coefficient (Wildman–Crippen LogP) is 2.39. The third-order valence-electron chi connectivity index (χ3n) is 3.26. The fourth-order valence-corrected chi connectivity index (χ4v) is 2.29. The van der Waals surface area contributed by atoms with E-state index in [-0.39, 0.29) is 22.5 Å². The number of ether oxygens (including phenoxy) is 1. The first kappa shape index (κ1) is 16.9. The van der Waals surface area contributed by atoms with Crippen LogP contribution in [0, 0.1) is 22.7 Å². The number of aromatic amines is 1. The van der Waals surface area contributed by atoms with Crippen molar-refractivity contribution in [1.29, 1.82) is 10.5 Å². The van der Waals surface area contributed by atoms with Crippen LogP contribution in [0.25, 0.3) is 11.1 Å². The Kier molecular flexibility index (Phi) is 4.20. The fourth-order valence-electron chi connectivity index (χ4n) is 2.29. The van der Waals surface area contributed by atoms with Crippen molar-refractivity contribution in [2.45, 2.75) is 6.18 Å². The second-order valence-corrected chi connectivity index (χ2v) is 4.60. The number of nitrogens with zero attached hydrogens (tertiary/aromatic N) is 2. The molecule has 0 amide bonds. The number of nitriles is 2. The van der Waals surface area contributed by atoms with Gasteiger partial charge in [-0.2, -0.15) is 23.7 Å². The first-order valence-corrected chi connectivity index (χ1v) is 6.36. The number of para-hydroxylation sites is 1. The van der Waals surface area contributed by atoms with Crippen molar-refractivity contribution in [2.75, 3.05) is 12.8 Å². The molecule has 1 heterocycles. The summed E-state index contributed by atoms with van der Waals surface area (Å²) in [5.41, 5.74) is 2.17. The molecule has 0 aliphatic heterocycles. The molecule has 6 nitrogen and oxygen atoms in total. The van der Waals surface area contributed by atoms with Crippen LogP contribution in [-0.2, 0) is 6.18 Å². The summed E-state index contributed by atoms with van der Waals surface area (Å²) >= 11 is 0. The van der Waals surface area contributed by atoms with Crippen LogP contribution in [0.15, 0.2) is 23.0 Å². The molecule has 0 aliphatic rings. The summed E-state index contributed by atoms with van der Waals surface area (Å²) in [7, 11) is 1.02. The van der Waals surface area contributed by atoms with Crippen molar-refractivity contribution in [3.05, 3.63) is 45.2 Å². The number of alkyl halides is 3. The van der Waals surface area contributed by atoms with Gasteiger partial charge >= 0.3 is 6.18 Å². The summed E-state index contributed by atoms with van der Waals surface area (Å²) in [5, 5.41) is 18.4. The molecule has 2 aromatic rings. The predicted molar refractivity (Wildman–Crippen MR) is 77.9 cm³/mol. The lowest BCUT2D eigenvalue weighted by Gasteiger charge is -2.17. The molecule has 0 saturated heterocycles. The minimum Gasteiger partial charge on any atom is -0.495 e. The van der Waals surface area contributed by atoms with Crippen LogP contribution in [0.4, 0.5) is 19.0 Å². The monoisotopic (exact) mass is 334 g/mol. The van der Waals surface area contributed by atoms with E-state index in [0.29, 0.717) is 0 Å². The lowest BCUT2D eigenvalue weighted by Crippen LogP contribution is -2.17. The number of benzene rings is 1. The number of rotatable bonds is 2. The number of hydrogen-bond donors (Lipinski definition) is 2. The molecule has 0 fully saturated rings. The van der Waals surface area contributed by atoms with Crippen molar-refractivity contribution in [3.8, 4) is 29.0 Å². The van der Waals surface area contributed by atoms with Gasteiger partial charge in [0.05, 0.1) is 12.7 Å². The maximum atomic E-state index is 13.2. The Morgan fingerprint density at radius 1 is 1.21 bits per heavy atom. The first-order chi connectivity index (χ1) is 11.3. The summed E-state index contributed by atoms with van der Waals surface area (Å²) in [6, 6.07) is 6.36. The molecular formula is C15H9F3N4O2. The molecular weight excluding hydrogens is 325 g/mol. The van der Waals surface area contributed by atoms with Crippen molar-refractivity contribution < 1.29 is 17.9 Å². The van der Waals surface area contributed by atoms with Gasteiger partial charge in [0.25, 0.3) is 5.56 Å². The Morgan fingerprint density at radius 2 is 1.83 bits per heavy atom. The third kappa shape index (κ3) is 2.63. The van der Waals surface area contributed by atoms with Crippen LogP contribution in [-0.4, -0.2) is 12.1 Å². The number of nitrogens with one attached hydrogen (secondary N) is 1. The zero-order valence-electron chi connectivity index (χ0n) is 12.2. The molecule has 2 rings (SSSR count). The summed E-state index contributed by atoms with van der Waals surface area (Å²) in [4.78, 5) is 14.0. The second kappa shape index (κ2) is 5.97. The van der Waals surface area contributed by atoms with Crippen LogP contribution in [0.1, 0.15) is 16.7 Å². The minimum absolute atomic E-state index is 0.224. The van der Waals surface area contributed by atoms with Gasteiger partial charge in [0.2, 0.25) is 0 Å². The van der Waals surface area contributed by atoms with E-state index >= 15 is 0 Å². The van der Waals surface area contributed by atoms with Crippen LogP contribution in [0.5, 0.6) is 5.75 Å². The number of nitrogen functional groups attached to an aromatic ring is 1. The fraction of sp³-hybridized carbons (Fsp3) is 0.133. The van der Waals surface area contributed by atoms with E-state index in [9.17, 15) is 28.5 Å². The molecule has 0 unspecified atom stereocenters. The van der Waals surface area contributed by atoms with Gasteiger partial charge in [-0.1, -0.05) is 12.1 Å². The summed E-state index contributed by atoms with van der Waals surface area (Å²) in [5.74, 6) is -0.959. The highest BCUT2D eigenvalue weighted by molar-refractivity contribution is 5.84. The van der Waals surface area contributed by atoms with E-state index in [4.69, 9.17) is 10.5 Å². The summed E-state index contributed by atoms with van der Waals surface area (Å²) in [6.07, 6.45) is -4.73. The lowest BCUT2D eigenvalue weighted by molar-refractivity contribution is -0.138. The Bertz CT molecular complexity index is 949. The highest BCUT2D eigenvalue weighted by atomic mass is 19.4. The summed E-state index contributed by atoms with van der Waals surface area (Å²) in [6.45, 7) is 0. The lowest BCUT2D eigenvalue weighted by atomic mass is 9.94. The van der Waals surface area contributed by atoms with Gasteiger partial charge in [0.15, 0.2) is 0 Å². The highest BCUT2D eigenvalue weighted by Gasteiger charge is 2.36. The number of hydrogen-bond acceptors (Lipinski definition) is 5. The topological polar surface area (TPSA) is 116 Å². The van der Waals surface area contributed by atoms with Gasteiger partial charge in [-0.05, 0) is 6.07 Å². The maximum Gasteiger partial charge on any atom is 0.419 e. The van der Waals surface area contributed by atoms with Crippen LogP contribution in [0.3, 0.4) is 0 Å². The number of nitrogens with two attached hydrogens (primary N) is 1. The molecule has 9 heteroatoms. The van der Waals surface area contributed by atoms with Gasteiger partial charge in [-0.25, -0.2) is 0 Å². The molecule has 1 aromatic carbocycles.